The molecule has 1 unspecified atom stereocenters. The smallest absolute Gasteiger partial charge is 0.241 e. The van der Waals surface area contributed by atoms with Crippen LogP contribution >= 0.6 is 0 Å². The summed E-state index contributed by atoms with van der Waals surface area (Å²) in [4.78, 5) is 4.60. The van der Waals surface area contributed by atoms with E-state index in [1.807, 2.05) is 60.7 Å². The minimum absolute atomic E-state index is 0.259. The van der Waals surface area contributed by atoms with Gasteiger partial charge in [0.05, 0.1) is 16.6 Å². The Kier molecular flexibility index (Phi) is 5.81. The second-order valence-corrected chi connectivity index (χ2v) is 7.83. The Labute approximate surface area is 155 Å². The molecular formula is C21H22N2O2S. The summed E-state index contributed by atoms with van der Waals surface area (Å²) >= 11 is 0. The minimum Gasteiger partial charge on any atom is -0.259 e. The average Bonchev–Trinajstić information content (AvgIpc) is 2.68. The highest BCUT2D eigenvalue weighted by molar-refractivity contribution is 7.89. The minimum atomic E-state index is -3.68. The normalized spacial score (nSPS) is 12.7. The molecule has 134 valence electrons. The molecule has 0 saturated heterocycles. The van der Waals surface area contributed by atoms with E-state index in [-0.39, 0.29) is 4.90 Å². The lowest BCUT2D eigenvalue weighted by Crippen LogP contribution is -2.30. The fraction of sp³-hybridized carbons (Fsp3) is 0.190. The molecule has 4 nitrogen and oxygen atoms in total. The van der Waals surface area contributed by atoms with E-state index in [0.29, 0.717) is 5.69 Å². The van der Waals surface area contributed by atoms with Crippen LogP contribution < -0.4 is 4.72 Å². The Bertz CT molecular complexity index is 885. The lowest BCUT2D eigenvalue weighted by Gasteiger charge is -2.19. The quantitative estimate of drug-likeness (QED) is 0.685. The van der Waals surface area contributed by atoms with Crippen molar-refractivity contribution in [3.63, 3.8) is 0 Å². The average molecular weight is 366 g/mol. The fourth-order valence-electron chi connectivity index (χ4n) is 2.84. The highest BCUT2D eigenvalue weighted by atomic mass is 32.2. The molecule has 0 aliphatic carbocycles. The summed E-state index contributed by atoms with van der Waals surface area (Å²) in [5.41, 5.74) is 2.64. The van der Waals surface area contributed by atoms with E-state index in [2.05, 4.69) is 16.6 Å². The van der Waals surface area contributed by atoms with Crippen LogP contribution in [-0.2, 0) is 16.4 Å². The highest BCUT2D eigenvalue weighted by Crippen LogP contribution is 2.23. The molecule has 0 radical (unpaired) electrons. The van der Waals surface area contributed by atoms with Crippen LogP contribution in [-0.4, -0.2) is 13.4 Å². The van der Waals surface area contributed by atoms with Crippen LogP contribution in [0.4, 0.5) is 0 Å². The van der Waals surface area contributed by atoms with Gasteiger partial charge in [0.25, 0.3) is 0 Å². The number of hydrogen-bond acceptors (Lipinski definition) is 3. The summed E-state index contributed by atoms with van der Waals surface area (Å²) < 4.78 is 28.6. The molecule has 0 aliphatic heterocycles. The zero-order valence-electron chi connectivity index (χ0n) is 14.7. The van der Waals surface area contributed by atoms with Crippen molar-refractivity contribution in [3.05, 3.63) is 95.8 Å². The third-order valence-electron chi connectivity index (χ3n) is 4.16. The molecule has 3 rings (SSSR count). The van der Waals surface area contributed by atoms with E-state index < -0.39 is 16.1 Å². The first-order chi connectivity index (χ1) is 12.6. The van der Waals surface area contributed by atoms with Gasteiger partial charge in [0.2, 0.25) is 10.0 Å². The molecule has 0 spiro atoms. The van der Waals surface area contributed by atoms with Crippen molar-refractivity contribution in [1.82, 2.24) is 9.71 Å². The van der Waals surface area contributed by atoms with E-state index in [9.17, 15) is 8.42 Å². The van der Waals surface area contributed by atoms with Crippen molar-refractivity contribution in [2.24, 2.45) is 0 Å². The molecule has 1 heterocycles. The fourth-order valence-corrected chi connectivity index (χ4v) is 4.04. The Morgan fingerprint density at radius 2 is 1.62 bits per heavy atom. The van der Waals surface area contributed by atoms with Crippen molar-refractivity contribution >= 4 is 10.0 Å². The number of nitrogens with one attached hydrogen (secondary N) is 1. The van der Waals surface area contributed by atoms with Crippen molar-refractivity contribution in [2.75, 3.05) is 0 Å². The van der Waals surface area contributed by atoms with E-state index in [1.54, 1.807) is 18.3 Å². The van der Waals surface area contributed by atoms with Gasteiger partial charge < -0.3 is 0 Å². The van der Waals surface area contributed by atoms with Gasteiger partial charge in [0.15, 0.2) is 0 Å². The van der Waals surface area contributed by atoms with Crippen LogP contribution in [0.1, 0.15) is 36.2 Å². The Morgan fingerprint density at radius 3 is 2.23 bits per heavy atom. The van der Waals surface area contributed by atoms with Crippen LogP contribution in [0.15, 0.2) is 83.9 Å². The van der Waals surface area contributed by atoms with E-state index in [1.165, 1.54) is 0 Å². The molecular weight excluding hydrogens is 344 g/mol. The van der Waals surface area contributed by atoms with Gasteiger partial charge in [-0.05, 0) is 41.8 Å². The molecule has 26 heavy (non-hydrogen) atoms. The zero-order chi connectivity index (χ0) is 18.4. The van der Waals surface area contributed by atoms with Gasteiger partial charge in [-0.3, -0.25) is 4.98 Å². The molecule has 0 amide bonds. The Hall–Kier alpha value is -2.50. The van der Waals surface area contributed by atoms with Gasteiger partial charge in [-0.15, -0.1) is 0 Å². The SMILES string of the molecule is CCCc1ccc(S(=O)(=O)NC(c2ccccc2)c2ccccn2)cc1. The van der Waals surface area contributed by atoms with Crippen LogP contribution in [0.3, 0.4) is 0 Å². The summed E-state index contributed by atoms with van der Waals surface area (Å²) in [6.45, 7) is 2.10. The molecule has 0 aliphatic rings. The monoisotopic (exact) mass is 366 g/mol. The molecule has 0 saturated carbocycles. The third-order valence-corrected chi connectivity index (χ3v) is 5.60. The van der Waals surface area contributed by atoms with Crippen LogP contribution in [0, 0.1) is 0 Å². The summed E-state index contributed by atoms with van der Waals surface area (Å²) in [5, 5.41) is 0. The summed E-state index contributed by atoms with van der Waals surface area (Å²) in [7, 11) is -3.68. The number of benzene rings is 2. The number of pyridine rings is 1. The Balaban J connectivity index is 1.93. The first-order valence-corrected chi connectivity index (χ1v) is 10.2. The zero-order valence-corrected chi connectivity index (χ0v) is 15.5. The third kappa shape index (κ3) is 4.36. The number of hydrogen-bond donors (Lipinski definition) is 1. The van der Waals surface area contributed by atoms with Gasteiger partial charge in [0.1, 0.15) is 0 Å². The van der Waals surface area contributed by atoms with Gasteiger partial charge in [0, 0.05) is 6.20 Å². The predicted molar refractivity (Wildman–Crippen MR) is 103 cm³/mol. The Morgan fingerprint density at radius 1 is 0.923 bits per heavy atom. The second kappa shape index (κ2) is 8.25. The highest BCUT2D eigenvalue weighted by Gasteiger charge is 2.23. The first-order valence-electron chi connectivity index (χ1n) is 8.67. The van der Waals surface area contributed by atoms with Gasteiger partial charge in [-0.25, -0.2) is 8.42 Å². The van der Waals surface area contributed by atoms with Crippen molar-refractivity contribution < 1.29 is 8.42 Å². The van der Waals surface area contributed by atoms with Crippen molar-refractivity contribution in [2.45, 2.75) is 30.7 Å². The molecule has 1 aromatic heterocycles. The van der Waals surface area contributed by atoms with Crippen LogP contribution in [0.25, 0.3) is 0 Å². The lowest BCUT2D eigenvalue weighted by atomic mass is 10.0. The first kappa shape index (κ1) is 18.3. The molecule has 1 atom stereocenters. The number of nitrogens with zero attached hydrogens (tertiary/aromatic N) is 1. The van der Waals surface area contributed by atoms with Crippen LogP contribution in [0.5, 0.6) is 0 Å². The number of aromatic nitrogens is 1. The van der Waals surface area contributed by atoms with Gasteiger partial charge >= 0.3 is 0 Å². The van der Waals surface area contributed by atoms with Crippen LogP contribution in [0.2, 0.25) is 0 Å². The standard InChI is InChI=1S/C21H22N2O2S/c1-2-8-17-12-14-19(15-13-17)26(24,25)23-21(18-9-4-3-5-10-18)20-11-6-7-16-22-20/h3-7,9-16,21,23H,2,8H2,1H3. The lowest BCUT2D eigenvalue weighted by molar-refractivity contribution is 0.570. The maximum Gasteiger partial charge on any atom is 0.241 e. The molecule has 1 N–H and O–H groups in total. The number of aryl methyl sites for hydroxylation is 1. The van der Waals surface area contributed by atoms with E-state index in [0.717, 1.165) is 24.0 Å². The van der Waals surface area contributed by atoms with Gasteiger partial charge in [-0.2, -0.15) is 4.72 Å². The van der Waals surface area contributed by atoms with E-state index in [4.69, 9.17) is 0 Å². The molecule has 3 aromatic rings. The number of sulfonamides is 1. The predicted octanol–water partition coefficient (Wildman–Crippen LogP) is 4.10. The van der Waals surface area contributed by atoms with Crippen molar-refractivity contribution in [1.29, 1.82) is 0 Å². The number of rotatable bonds is 7. The molecule has 2 aromatic carbocycles. The largest absolute Gasteiger partial charge is 0.259 e. The second-order valence-electron chi connectivity index (χ2n) is 6.11. The summed E-state index contributed by atoms with van der Waals surface area (Å²) in [5.74, 6) is 0. The topological polar surface area (TPSA) is 59.1 Å². The van der Waals surface area contributed by atoms with E-state index >= 15 is 0 Å². The van der Waals surface area contributed by atoms with Crippen molar-refractivity contribution in [3.8, 4) is 0 Å². The maximum atomic E-state index is 12.9. The molecule has 0 fully saturated rings. The summed E-state index contributed by atoms with van der Waals surface area (Å²) in [6, 6.07) is 21.5. The molecule has 0 bridgehead atoms. The summed E-state index contributed by atoms with van der Waals surface area (Å²) in [6.07, 6.45) is 3.63. The molecule has 5 heteroatoms. The maximum absolute atomic E-state index is 12.9. The van der Waals surface area contributed by atoms with Gasteiger partial charge in [-0.1, -0.05) is 61.9 Å².